The van der Waals surface area contributed by atoms with Gasteiger partial charge in [-0.1, -0.05) is 6.07 Å². The molecule has 0 aliphatic heterocycles. The number of carbonyl (C=O) groups is 1. The van der Waals surface area contributed by atoms with Crippen molar-refractivity contribution in [3.63, 3.8) is 0 Å². The lowest BCUT2D eigenvalue weighted by molar-refractivity contribution is -0.137. The van der Waals surface area contributed by atoms with Crippen molar-refractivity contribution in [2.24, 2.45) is 0 Å². The van der Waals surface area contributed by atoms with Crippen LogP contribution < -0.4 is 19.5 Å². The van der Waals surface area contributed by atoms with Gasteiger partial charge in [0, 0.05) is 5.56 Å². The molecular formula is C22H22F3N3O4. The monoisotopic (exact) mass is 449 g/mol. The standard InChI is InChI=1S/C22H22F3N3O4/c1-13(17-11-16(30-2)8-9-18(17)31-3)26-21(29)20-19(32-4)12-28(27-20)15-7-5-6-14(10-15)22(23,24)25/h5-13H,1-4H3,(H,26,29). The van der Waals surface area contributed by atoms with Crippen LogP contribution in [0, 0.1) is 0 Å². The lowest BCUT2D eigenvalue weighted by Crippen LogP contribution is -2.27. The average molecular weight is 449 g/mol. The van der Waals surface area contributed by atoms with Crippen molar-refractivity contribution < 1.29 is 32.2 Å². The molecule has 0 saturated heterocycles. The quantitative estimate of drug-likeness (QED) is 0.579. The zero-order chi connectivity index (χ0) is 23.5. The molecule has 3 rings (SSSR count). The van der Waals surface area contributed by atoms with Crippen molar-refractivity contribution in [2.45, 2.75) is 19.1 Å². The summed E-state index contributed by atoms with van der Waals surface area (Å²) in [6, 6.07) is 9.32. The number of halogens is 3. The number of hydrogen-bond donors (Lipinski definition) is 1. The first kappa shape index (κ1) is 23.0. The van der Waals surface area contributed by atoms with Gasteiger partial charge in [-0.15, -0.1) is 0 Å². The Balaban J connectivity index is 1.89. The Morgan fingerprint density at radius 2 is 1.75 bits per heavy atom. The molecule has 1 N–H and O–H groups in total. The molecule has 0 saturated carbocycles. The summed E-state index contributed by atoms with van der Waals surface area (Å²) in [7, 11) is 4.39. The normalized spacial score (nSPS) is 12.2. The SMILES string of the molecule is COc1ccc(OC)c(C(C)NC(=O)c2nn(-c3cccc(C(F)(F)F)c3)cc2OC)c1. The number of ether oxygens (including phenoxy) is 3. The van der Waals surface area contributed by atoms with E-state index in [1.54, 1.807) is 25.1 Å². The Labute approximate surface area is 182 Å². The first-order valence-electron chi connectivity index (χ1n) is 9.52. The van der Waals surface area contributed by atoms with Crippen LogP contribution >= 0.6 is 0 Å². The molecule has 1 amide bonds. The van der Waals surface area contributed by atoms with Crippen LogP contribution in [0.15, 0.2) is 48.7 Å². The van der Waals surface area contributed by atoms with Gasteiger partial charge in [-0.25, -0.2) is 4.68 Å². The topological polar surface area (TPSA) is 74.6 Å². The predicted molar refractivity (Wildman–Crippen MR) is 111 cm³/mol. The smallest absolute Gasteiger partial charge is 0.416 e. The Kier molecular flexibility index (Phi) is 6.61. The van der Waals surface area contributed by atoms with Crippen molar-refractivity contribution in [3.8, 4) is 22.9 Å². The van der Waals surface area contributed by atoms with Crippen LogP contribution in [-0.2, 0) is 6.18 Å². The number of carbonyl (C=O) groups excluding carboxylic acids is 1. The second kappa shape index (κ2) is 9.21. The van der Waals surface area contributed by atoms with Gasteiger partial charge in [0.15, 0.2) is 11.4 Å². The molecule has 2 aromatic carbocycles. The van der Waals surface area contributed by atoms with E-state index in [9.17, 15) is 18.0 Å². The minimum atomic E-state index is -4.50. The van der Waals surface area contributed by atoms with E-state index in [0.29, 0.717) is 17.1 Å². The number of rotatable bonds is 7. The first-order valence-corrected chi connectivity index (χ1v) is 9.52. The summed E-state index contributed by atoms with van der Waals surface area (Å²) in [6.07, 6.45) is -3.15. The van der Waals surface area contributed by atoms with E-state index in [1.807, 2.05) is 0 Å². The second-order valence-electron chi connectivity index (χ2n) is 6.84. The van der Waals surface area contributed by atoms with Gasteiger partial charge < -0.3 is 19.5 Å². The molecule has 1 atom stereocenters. The van der Waals surface area contributed by atoms with E-state index in [1.165, 1.54) is 44.3 Å². The molecule has 0 fully saturated rings. The summed E-state index contributed by atoms with van der Waals surface area (Å²) < 4.78 is 56.1. The summed E-state index contributed by atoms with van der Waals surface area (Å²) in [5, 5.41) is 6.96. The molecule has 0 radical (unpaired) electrons. The highest BCUT2D eigenvalue weighted by molar-refractivity contribution is 5.95. The maximum Gasteiger partial charge on any atom is 0.416 e. The highest BCUT2D eigenvalue weighted by Crippen LogP contribution is 2.32. The van der Waals surface area contributed by atoms with Crippen LogP contribution in [0.2, 0.25) is 0 Å². The van der Waals surface area contributed by atoms with E-state index in [4.69, 9.17) is 14.2 Å². The highest BCUT2D eigenvalue weighted by atomic mass is 19.4. The van der Waals surface area contributed by atoms with Crippen LogP contribution in [0.25, 0.3) is 5.69 Å². The van der Waals surface area contributed by atoms with Gasteiger partial charge >= 0.3 is 6.18 Å². The van der Waals surface area contributed by atoms with Crippen LogP contribution in [-0.4, -0.2) is 37.0 Å². The number of aromatic nitrogens is 2. The number of methoxy groups -OCH3 is 3. The highest BCUT2D eigenvalue weighted by Gasteiger charge is 2.31. The van der Waals surface area contributed by atoms with E-state index >= 15 is 0 Å². The molecule has 0 spiro atoms. The zero-order valence-electron chi connectivity index (χ0n) is 17.9. The Hall–Kier alpha value is -3.69. The van der Waals surface area contributed by atoms with Gasteiger partial charge in [-0.2, -0.15) is 18.3 Å². The van der Waals surface area contributed by atoms with Crippen LogP contribution in [0.5, 0.6) is 17.2 Å². The van der Waals surface area contributed by atoms with Crippen molar-refractivity contribution >= 4 is 5.91 Å². The number of alkyl halides is 3. The lowest BCUT2D eigenvalue weighted by atomic mass is 10.1. The van der Waals surface area contributed by atoms with E-state index in [-0.39, 0.29) is 17.1 Å². The molecule has 1 unspecified atom stereocenters. The van der Waals surface area contributed by atoms with Gasteiger partial charge in [-0.05, 0) is 43.3 Å². The number of hydrogen-bond acceptors (Lipinski definition) is 5. The predicted octanol–water partition coefficient (Wildman–Crippen LogP) is 4.41. The Morgan fingerprint density at radius 3 is 2.38 bits per heavy atom. The van der Waals surface area contributed by atoms with Gasteiger partial charge in [-0.3, -0.25) is 4.79 Å². The molecule has 0 bridgehead atoms. The van der Waals surface area contributed by atoms with Crippen LogP contribution in [0.4, 0.5) is 13.2 Å². The third kappa shape index (κ3) is 4.79. The summed E-state index contributed by atoms with van der Waals surface area (Å²) in [6.45, 7) is 1.76. The summed E-state index contributed by atoms with van der Waals surface area (Å²) >= 11 is 0. The van der Waals surface area contributed by atoms with Gasteiger partial charge in [0.2, 0.25) is 0 Å². The van der Waals surface area contributed by atoms with Gasteiger partial charge in [0.05, 0.1) is 44.8 Å². The molecule has 0 aliphatic carbocycles. The Morgan fingerprint density at radius 1 is 1.03 bits per heavy atom. The summed E-state index contributed by atoms with van der Waals surface area (Å²) in [5.41, 5.74) is -0.0796. The van der Waals surface area contributed by atoms with E-state index in [2.05, 4.69) is 10.4 Å². The summed E-state index contributed by atoms with van der Waals surface area (Å²) in [5.74, 6) is 0.697. The van der Waals surface area contributed by atoms with Crippen molar-refractivity contribution in [2.75, 3.05) is 21.3 Å². The van der Waals surface area contributed by atoms with E-state index < -0.39 is 23.7 Å². The van der Waals surface area contributed by atoms with Gasteiger partial charge in [0.1, 0.15) is 11.5 Å². The molecule has 1 heterocycles. The third-order valence-corrected chi connectivity index (χ3v) is 4.80. The second-order valence-corrected chi connectivity index (χ2v) is 6.84. The molecule has 3 aromatic rings. The first-order chi connectivity index (χ1) is 15.2. The molecule has 170 valence electrons. The largest absolute Gasteiger partial charge is 0.497 e. The molecule has 1 aromatic heterocycles. The van der Waals surface area contributed by atoms with Crippen molar-refractivity contribution in [1.82, 2.24) is 15.1 Å². The molecular weight excluding hydrogens is 427 g/mol. The van der Waals surface area contributed by atoms with Crippen molar-refractivity contribution in [1.29, 1.82) is 0 Å². The molecule has 0 aliphatic rings. The fourth-order valence-electron chi connectivity index (χ4n) is 3.14. The third-order valence-electron chi connectivity index (χ3n) is 4.80. The molecule has 32 heavy (non-hydrogen) atoms. The van der Waals surface area contributed by atoms with Crippen LogP contribution in [0.3, 0.4) is 0 Å². The number of nitrogens with zero attached hydrogens (tertiary/aromatic N) is 2. The van der Waals surface area contributed by atoms with Crippen molar-refractivity contribution in [3.05, 3.63) is 65.5 Å². The van der Waals surface area contributed by atoms with Gasteiger partial charge in [0.25, 0.3) is 5.91 Å². The maximum absolute atomic E-state index is 13.0. The van der Waals surface area contributed by atoms with E-state index in [0.717, 1.165) is 12.1 Å². The fraction of sp³-hybridized carbons (Fsp3) is 0.273. The minimum absolute atomic E-state index is 0.0707. The summed E-state index contributed by atoms with van der Waals surface area (Å²) in [4.78, 5) is 12.9. The minimum Gasteiger partial charge on any atom is -0.497 e. The zero-order valence-corrected chi connectivity index (χ0v) is 17.9. The maximum atomic E-state index is 13.0. The average Bonchev–Trinajstić information content (AvgIpc) is 3.23. The number of nitrogens with one attached hydrogen (secondary N) is 1. The number of benzene rings is 2. The number of amides is 1. The van der Waals surface area contributed by atoms with Crippen LogP contribution in [0.1, 0.15) is 34.6 Å². The molecule has 10 heteroatoms. The fourth-order valence-corrected chi connectivity index (χ4v) is 3.14. The Bertz CT molecular complexity index is 1110. The molecule has 7 nitrogen and oxygen atoms in total. The lowest BCUT2D eigenvalue weighted by Gasteiger charge is -2.18.